The summed E-state index contributed by atoms with van der Waals surface area (Å²) >= 11 is 4.40. The van der Waals surface area contributed by atoms with E-state index < -0.39 is 17.7 Å². The van der Waals surface area contributed by atoms with Crippen LogP contribution in [0.15, 0.2) is 48.0 Å². The van der Waals surface area contributed by atoms with Crippen molar-refractivity contribution in [2.75, 3.05) is 0 Å². The Labute approximate surface area is 202 Å². The second kappa shape index (κ2) is 9.25. The third kappa shape index (κ3) is 4.82. The van der Waals surface area contributed by atoms with Gasteiger partial charge in [0.15, 0.2) is 0 Å². The van der Waals surface area contributed by atoms with Crippen molar-refractivity contribution in [1.29, 1.82) is 0 Å². The van der Waals surface area contributed by atoms with Crippen molar-refractivity contribution in [3.63, 3.8) is 0 Å². The normalized spacial score (nSPS) is 18.0. The van der Waals surface area contributed by atoms with Gasteiger partial charge in [-0.05, 0) is 81.8 Å². The van der Waals surface area contributed by atoms with Crippen molar-refractivity contribution in [2.24, 2.45) is 0 Å². The molecule has 0 radical (unpaired) electrons. The van der Waals surface area contributed by atoms with Crippen LogP contribution in [0.1, 0.15) is 43.2 Å². The van der Waals surface area contributed by atoms with Crippen LogP contribution >= 0.6 is 45.2 Å². The van der Waals surface area contributed by atoms with Crippen LogP contribution in [0.2, 0.25) is 0 Å². The molecule has 0 bridgehead atoms. The van der Waals surface area contributed by atoms with Crippen LogP contribution in [0.5, 0.6) is 5.75 Å². The highest BCUT2D eigenvalue weighted by Gasteiger charge is 2.46. The molecule has 0 atom stereocenters. The fraction of sp³-hybridized carbons (Fsp3) is 0.304. The van der Waals surface area contributed by atoms with E-state index in [-0.39, 0.29) is 5.57 Å². The fourth-order valence-corrected chi connectivity index (χ4v) is 5.73. The van der Waals surface area contributed by atoms with Gasteiger partial charge in [0.1, 0.15) is 17.9 Å². The molecule has 156 valence electrons. The maximum Gasteiger partial charge on any atom is 0.348 e. The van der Waals surface area contributed by atoms with Crippen molar-refractivity contribution >= 4 is 63.2 Å². The van der Waals surface area contributed by atoms with Gasteiger partial charge in [0.05, 0.1) is 3.57 Å². The van der Waals surface area contributed by atoms with Crippen LogP contribution in [0, 0.1) is 7.14 Å². The average molecular weight is 630 g/mol. The van der Waals surface area contributed by atoms with Crippen LogP contribution < -0.4 is 4.74 Å². The third-order valence-electron chi connectivity index (χ3n) is 5.18. The standard InChI is InChI=1S/C23H20I2O5/c24-17-11-16(20(19(25)13-17)28-14-15-7-3-1-4-8-15)12-18-21(26)29-23(30-22(18)27)9-5-2-6-10-23/h1,3-4,7-8,11-13H,2,5-6,9-10,14H2. The van der Waals surface area contributed by atoms with E-state index in [1.807, 2.05) is 42.5 Å². The first kappa shape index (κ1) is 21.6. The van der Waals surface area contributed by atoms with Gasteiger partial charge in [-0.2, -0.15) is 0 Å². The van der Waals surface area contributed by atoms with Crippen LogP contribution in [-0.4, -0.2) is 17.7 Å². The van der Waals surface area contributed by atoms with E-state index in [0.29, 0.717) is 30.8 Å². The number of hydrogen-bond donors (Lipinski definition) is 0. The number of ether oxygens (including phenoxy) is 3. The number of rotatable bonds is 4. The highest BCUT2D eigenvalue weighted by molar-refractivity contribution is 14.1. The number of benzene rings is 2. The lowest BCUT2D eigenvalue weighted by Gasteiger charge is -2.38. The molecule has 1 spiro atoms. The fourth-order valence-electron chi connectivity index (χ4n) is 3.69. The molecule has 1 heterocycles. The third-order valence-corrected chi connectivity index (χ3v) is 6.60. The second-order valence-corrected chi connectivity index (χ2v) is 9.80. The predicted molar refractivity (Wildman–Crippen MR) is 129 cm³/mol. The lowest BCUT2D eigenvalue weighted by molar-refractivity contribution is -0.244. The van der Waals surface area contributed by atoms with Crippen LogP contribution in [-0.2, 0) is 25.7 Å². The first-order valence-corrected chi connectivity index (χ1v) is 12.0. The van der Waals surface area contributed by atoms with Gasteiger partial charge in [-0.25, -0.2) is 9.59 Å². The molecule has 1 aliphatic carbocycles. The minimum absolute atomic E-state index is 0.103. The minimum Gasteiger partial charge on any atom is -0.487 e. The lowest BCUT2D eigenvalue weighted by Crippen LogP contribution is -2.47. The van der Waals surface area contributed by atoms with E-state index >= 15 is 0 Å². The molecule has 0 unspecified atom stereocenters. The van der Waals surface area contributed by atoms with Gasteiger partial charge >= 0.3 is 11.9 Å². The zero-order valence-electron chi connectivity index (χ0n) is 16.2. The SMILES string of the molecule is O=C1OC2(CCCCC2)OC(=O)C1=Cc1cc(I)cc(I)c1OCc1ccccc1. The van der Waals surface area contributed by atoms with Crippen molar-refractivity contribution in [3.05, 3.63) is 66.3 Å². The zero-order chi connectivity index (χ0) is 21.1. The monoisotopic (exact) mass is 630 g/mol. The summed E-state index contributed by atoms with van der Waals surface area (Å²) in [5.41, 5.74) is 1.57. The van der Waals surface area contributed by atoms with Gasteiger partial charge in [-0.1, -0.05) is 36.8 Å². The van der Waals surface area contributed by atoms with Gasteiger partial charge in [0, 0.05) is 22.0 Å². The topological polar surface area (TPSA) is 61.8 Å². The summed E-state index contributed by atoms with van der Waals surface area (Å²) in [5.74, 6) is -1.73. The second-order valence-electron chi connectivity index (χ2n) is 7.39. The van der Waals surface area contributed by atoms with Gasteiger partial charge in [-0.15, -0.1) is 0 Å². The number of halogens is 2. The number of carbonyl (C=O) groups excluding carboxylic acids is 2. The summed E-state index contributed by atoms with van der Waals surface area (Å²) in [6.07, 6.45) is 5.46. The highest BCUT2D eigenvalue weighted by Crippen LogP contribution is 2.38. The summed E-state index contributed by atoms with van der Waals surface area (Å²) < 4.78 is 19.1. The first-order valence-electron chi connectivity index (χ1n) is 9.80. The molecule has 1 saturated heterocycles. The molecule has 2 aliphatic rings. The molecule has 0 aromatic heterocycles. The molecule has 5 nitrogen and oxygen atoms in total. The van der Waals surface area contributed by atoms with E-state index in [4.69, 9.17) is 14.2 Å². The zero-order valence-corrected chi connectivity index (χ0v) is 20.5. The van der Waals surface area contributed by atoms with Crippen molar-refractivity contribution < 1.29 is 23.8 Å². The molecule has 2 aromatic carbocycles. The van der Waals surface area contributed by atoms with E-state index in [1.165, 1.54) is 6.08 Å². The lowest BCUT2D eigenvalue weighted by atomic mass is 9.93. The smallest absolute Gasteiger partial charge is 0.348 e. The maximum atomic E-state index is 12.7. The van der Waals surface area contributed by atoms with E-state index in [2.05, 4.69) is 45.2 Å². The minimum atomic E-state index is -1.09. The Balaban J connectivity index is 1.62. The van der Waals surface area contributed by atoms with E-state index in [0.717, 1.165) is 32.0 Å². The Morgan fingerprint density at radius 2 is 1.63 bits per heavy atom. The summed E-state index contributed by atoms with van der Waals surface area (Å²) in [4.78, 5) is 25.4. The van der Waals surface area contributed by atoms with Gasteiger partial charge in [-0.3, -0.25) is 0 Å². The Hall–Kier alpha value is -1.62. The predicted octanol–water partition coefficient (Wildman–Crippen LogP) is 5.62. The van der Waals surface area contributed by atoms with Crippen molar-refractivity contribution in [3.8, 4) is 5.75 Å². The molecular weight excluding hydrogens is 610 g/mol. The largest absolute Gasteiger partial charge is 0.487 e. The van der Waals surface area contributed by atoms with Crippen LogP contribution in [0.3, 0.4) is 0 Å². The Morgan fingerprint density at radius 3 is 2.30 bits per heavy atom. The van der Waals surface area contributed by atoms with Crippen molar-refractivity contribution in [2.45, 2.75) is 44.5 Å². The van der Waals surface area contributed by atoms with Crippen molar-refractivity contribution in [1.82, 2.24) is 0 Å². The highest BCUT2D eigenvalue weighted by atomic mass is 127. The molecule has 2 fully saturated rings. The number of carbonyl (C=O) groups is 2. The number of esters is 2. The summed E-state index contributed by atoms with van der Waals surface area (Å²) in [6, 6.07) is 13.7. The molecular formula is C23H20I2O5. The van der Waals surface area contributed by atoms with Crippen LogP contribution in [0.4, 0.5) is 0 Å². The van der Waals surface area contributed by atoms with E-state index in [1.54, 1.807) is 0 Å². The molecule has 0 amide bonds. The molecule has 7 heteroatoms. The molecule has 4 rings (SSSR count). The molecule has 2 aromatic rings. The number of hydrogen-bond acceptors (Lipinski definition) is 5. The average Bonchev–Trinajstić information content (AvgIpc) is 2.71. The molecule has 0 N–H and O–H groups in total. The molecule has 1 saturated carbocycles. The van der Waals surface area contributed by atoms with Gasteiger partial charge < -0.3 is 14.2 Å². The Bertz CT molecular complexity index is 972. The Morgan fingerprint density at radius 1 is 0.967 bits per heavy atom. The molecule has 30 heavy (non-hydrogen) atoms. The molecule has 1 aliphatic heterocycles. The first-order chi connectivity index (χ1) is 14.5. The maximum absolute atomic E-state index is 12.7. The summed E-state index contributed by atoms with van der Waals surface area (Å²) in [5, 5.41) is 0. The van der Waals surface area contributed by atoms with Crippen LogP contribution in [0.25, 0.3) is 6.08 Å². The van der Waals surface area contributed by atoms with Gasteiger partial charge in [0.25, 0.3) is 5.79 Å². The summed E-state index contributed by atoms with van der Waals surface area (Å²) in [7, 11) is 0. The summed E-state index contributed by atoms with van der Waals surface area (Å²) in [6.45, 7) is 0.381. The quantitative estimate of drug-likeness (QED) is 0.190. The van der Waals surface area contributed by atoms with Gasteiger partial charge in [0.2, 0.25) is 0 Å². The Kier molecular flexibility index (Phi) is 6.66. The van der Waals surface area contributed by atoms with E-state index in [9.17, 15) is 9.59 Å².